The summed E-state index contributed by atoms with van der Waals surface area (Å²) in [5.41, 5.74) is 1.44. The Morgan fingerprint density at radius 3 is 2.51 bits per heavy atom. The van der Waals surface area contributed by atoms with Crippen LogP contribution in [0.3, 0.4) is 0 Å². The lowest BCUT2D eigenvalue weighted by molar-refractivity contribution is -0.148. The number of hydrogen-bond acceptors (Lipinski definition) is 5. The number of anilines is 1. The van der Waals surface area contributed by atoms with Crippen LogP contribution in [-0.4, -0.2) is 38.5 Å². The Morgan fingerprint density at radius 1 is 1.00 bits per heavy atom. The number of nitrogens with one attached hydrogen (secondary N) is 2. The van der Waals surface area contributed by atoms with Crippen LogP contribution in [0.1, 0.15) is 22.7 Å². The van der Waals surface area contributed by atoms with Crippen LogP contribution >= 0.6 is 0 Å². The Morgan fingerprint density at radius 2 is 1.76 bits per heavy atom. The lowest BCUT2D eigenvalue weighted by atomic mass is 9.76. The maximum atomic E-state index is 14.0. The van der Waals surface area contributed by atoms with Gasteiger partial charge in [0.25, 0.3) is 0 Å². The Labute approximate surface area is 212 Å². The first-order chi connectivity index (χ1) is 17.8. The van der Waals surface area contributed by atoms with Gasteiger partial charge in [0.15, 0.2) is 0 Å². The molecule has 0 unspecified atom stereocenters. The lowest BCUT2D eigenvalue weighted by Gasteiger charge is -2.31. The number of aromatic nitrogens is 1. The third-order valence-corrected chi connectivity index (χ3v) is 7.71. The van der Waals surface area contributed by atoms with Crippen LogP contribution in [0.2, 0.25) is 0 Å². The fraction of sp³-hybridized carbons (Fsp3) is 0.207. The zero-order valence-corrected chi connectivity index (χ0v) is 20.0. The van der Waals surface area contributed by atoms with Crippen LogP contribution in [0.25, 0.3) is 10.9 Å². The van der Waals surface area contributed by atoms with Crippen molar-refractivity contribution in [1.82, 2.24) is 10.3 Å². The number of carbonyl (C=O) groups excluding carboxylic acids is 2. The number of carboxylic acids is 1. The van der Waals surface area contributed by atoms with Crippen molar-refractivity contribution in [3.63, 3.8) is 0 Å². The van der Waals surface area contributed by atoms with E-state index in [2.05, 4.69) is 10.3 Å². The Balaban J connectivity index is 1.53. The Hall–Kier alpha value is -4.43. The molecule has 1 aromatic heterocycles. The molecule has 3 heterocycles. The average molecular weight is 496 g/mol. The number of carboxylic acid groups (broad SMARTS) is 1. The average Bonchev–Trinajstić information content (AvgIpc) is 3.52. The first kappa shape index (κ1) is 23.0. The van der Waals surface area contributed by atoms with E-state index in [9.17, 15) is 24.6 Å². The molecule has 8 nitrogen and oxygen atoms in total. The van der Waals surface area contributed by atoms with Gasteiger partial charge in [-0.25, -0.2) is 4.90 Å². The molecule has 2 aliphatic heterocycles. The summed E-state index contributed by atoms with van der Waals surface area (Å²) in [7, 11) is 0. The summed E-state index contributed by atoms with van der Waals surface area (Å²) in [5.74, 6) is -4.53. The first-order valence-corrected chi connectivity index (χ1v) is 12.1. The number of H-pyrrole nitrogens is 1. The molecule has 4 N–H and O–H groups in total. The van der Waals surface area contributed by atoms with Gasteiger partial charge in [0, 0.05) is 35.1 Å². The third-order valence-electron chi connectivity index (χ3n) is 7.71. The number of hydrogen-bond donors (Lipinski definition) is 4. The highest BCUT2D eigenvalue weighted by Crippen LogP contribution is 2.52. The SMILES string of the molecule is Cc1cccc(N2C(=O)[C@@H]3[C@@H](c4ccccc4O)N[C@@](Cc4c[nH]c5ccccc45)(C(=O)O)[C@@H]3C2=O)c1. The molecule has 2 fully saturated rings. The molecular weight excluding hydrogens is 470 g/mol. The molecule has 6 rings (SSSR count). The van der Waals surface area contributed by atoms with E-state index in [-0.39, 0.29) is 12.2 Å². The van der Waals surface area contributed by atoms with Gasteiger partial charge in [-0.3, -0.25) is 19.7 Å². The topological polar surface area (TPSA) is 123 Å². The molecule has 4 aromatic rings. The third kappa shape index (κ3) is 3.37. The van der Waals surface area contributed by atoms with Crippen LogP contribution in [0.5, 0.6) is 5.75 Å². The number of carbonyl (C=O) groups is 3. The molecule has 0 spiro atoms. The molecule has 2 aliphatic rings. The summed E-state index contributed by atoms with van der Waals surface area (Å²) >= 11 is 0. The maximum Gasteiger partial charge on any atom is 0.325 e. The van der Waals surface area contributed by atoms with E-state index in [1.54, 1.807) is 42.6 Å². The fourth-order valence-electron chi connectivity index (χ4n) is 6.06. The molecule has 8 heteroatoms. The number of phenolic OH excluding ortho intramolecular Hbond substituents is 1. The highest BCUT2D eigenvalue weighted by atomic mass is 16.4. The van der Waals surface area contributed by atoms with Gasteiger partial charge >= 0.3 is 5.97 Å². The van der Waals surface area contributed by atoms with Crippen molar-refractivity contribution in [2.75, 3.05) is 4.90 Å². The van der Waals surface area contributed by atoms with Crippen molar-refractivity contribution < 1.29 is 24.6 Å². The summed E-state index contributed by atoms with van der Waals surface area (Å²) < 4.78 is 0. The summed E-state index contributed by atoms with van der Waals surface area (Å²) in [6.45, 7) is 1.86. The van der Waals surface area contributed by atoms with E-state index >= 15 is 0 Å². The molecule has 37 heavy (non-hydrogen) atoms. The van der Waals surface area contributed by atoms with Crippen molar-refractivity contribution in [3.8, 4) is 5.75 Å². The number of fused-ring (bicyclic) bond motifs is 2. The zero-order valence-electron chi connectivity index (χ0n) is 20.0. The number of aryl methyl sites for hydroxylation is 1. The molecule has 0 bridgehead atoms. The fourth-order valence-corrected chi connectivity index (χ4v) is 6.06. The number of imide groups is 1. The number of aliphatic carboxylic acids is 1. The van der Waals surface area contributed by atoms with Gasteiger partial charge in [0.05, 0.1) is 17.5 Å². The second-order valence-electron chi connectivity index (χ2n) is 9.85. The van der Waals surface area contributed by atoms with Gasteiger partial charge in [-0.2, -0.15) is 0 Å². The van der Waals surface area contributed by atoms with Crippen molar-refractivity contribution >= 4 is 34.4 Å². The number of para-hydroxylation sites is 2. The molecule has 2 saturated heterocycles. The maximum absolute atomic E-state index is 14.0. The van der Waals surface area contributed by atoms with Gasteiger partial charge < -0.3 is 15.2 Å². The van der Waals surface area contributed by atoms with Gasteiger partial charge in [-0.1, -0.05) is 48.5 Å². The standard InChI is InChI=1S/C29H25N3O5/c1-16-7-6-8-18(13-16)32-26(34)23-24(27(32)35)29(28(36)37,31-25(23)20-10-3-5-12-22(20)33)14-17-15-30-21-11-4-2-9-19(17)21/h2-13,15,23-25,30-31,33H,14H2,1H3,(H,36,37)/t23-,24-,25+,29+/m0/s1. The smallest absolute Gasteiger partial charge is 0.325 e. The zero-order chi connectivity index (χ0) is 25.9. The van der Waals surface area contributed by atoms with Crippen LogP contribution in [0, 0.1) is 18.8 Å². The Bertz CT molecular complexity index is 1580. The predicted molar refractivity (Wildman–Crippen MR) is 137 cm³/mol. The monoisotopic (exact) mass is 495 g/mol. The normalized spacial score (nSPS) is 25.1. The molecule has 0 aliphatic carbocycles. The minimum absolute atomic E-state index is 0.0295. The van der Waals surface area contributed by atoms with E-state index in [0.717, 1.165) is 26.9 Å². The Kier molecular flexibility index (Phi) is 5.17. The molecule has 2 amide bonds. The quantitative estimate of drug-likeness (QED) is 0.313. The second-order valence-corrected chi connectivity index (χ2v) is 9.85. The number of benzene rings is 3. The predicted octanol–water partition coefficient (Wildman–Crippen LogP) is 3.70. The van der Waals surface area contributed by atoms with Gasteiger partial charge in [0.1, 0.15) is 11.3 Å². The number of rotatable bonds is 5. The molecule has 4 atom stereocenters. The lowest BCUT2D eigenvalue weighted by Crippen LogP contribution is -2.57. The molecule has 0 radical (unpaired) electrons. The number of aromatic hydroxyl groups is 1. The minimum Gasteiger partial charge on any atom is -0.508 e. The van der Waals surface area contributed by atoms with Crippen molar-refractivity contribution in [2.45, 2.75) is 24.9 Å². The van der Waals surface area contributed by atoms with Crippen molar-refractivity contribution in [2.24, 2.45) is 11.8 Å². The van der Waals surface area contributed by atoms with Gasteiger partial charge in [-0.15, -0.1) is 0 Å². The van der Waals surface area contributed by atoms with E-state index < -0.39 is 41.2 Å². The van der Waals surface area contributed by atoms with E-state index in [1.165, 1.54) is 6.07 Å². The van der Waals surface area contributed by atoms with E-state index in [4.69, 9.17) is 0 Å². The number of amides is 2. The van der Waals surface area contributed by atoms with Crippen molar-refractivity contribution in [1.29, 1.82) is 0 Å². The summed E-state index contributed by atoms with van der Waals surface area (Å²) in [4.78, 5) is 45.3. The highest BCUT2D eigenvalue weighted by Gasteiger charge is 2.69. The molecule has 3 aromatic carbocycles. The minimum atomic E-state index is -1.78. The van der Waals surface area contributed by atoms with E-state index in [0.29, 0.717) is 11.3 Å². The van der Waals surface area contributed by atoms with Gasteiger partial charge in [0.2, 0.25) is 11.8 Å². The van der Waals surface area contributed by atoms with Crippen LogP contribution in [0.4, 0.5) is 5.69 Å². The van der Waals surface area contributed by atoms with Crippen LogP contribution in [0.15, 0.2) is 79.0 Å². The first-order valence-electron chi connectivity index (χ1n) is 12.1. The summed E-state index contributed by atoms with van der Waals surface area (Å²) in [6.07, 6.45) is 1.72. The second kappa shape index (κ2) is 8.31. The summed E-state index contributed by atoms with van der Waals surface area (Å²) in [5, 5.41) is 25.4. The van der Waals surface area contributed by atoms with Crippen LogP contribution < -0.4 is 10.2 Å². The largest absolute Gasteiger partial charge is 0.508 e. The number of nitrogens with zero attached hydrogens (tertiary/aromatic N) is 1. The summed E-state index contributed by atoms with van der Waals surface area (Å²) in [6, 6.07) is 20.2. The van der Waals surface area contributed by atoms with Crippen LogP contribution in [-0.2, 0) is 20.8 Å². The van der Waals surface area contributed by atoms with Gasteiger partial charge in [-0.05, 0) is 42.3 Å². The van der Waals surface area contributed by atoms with E-state index in [1.807, 2.05) is 37.3 Å². The highest BCUT2D eigenvalue weighted by molar-refractivity contribution is 6.24. The molecule has 186 valence electrons. The molecule has 0 saturated carbocycles. The number of phenols is 1. The number of aromatic amines is 1. The van der Waals surface area contributed by atoms with Crippen molar-refractivity contribution in [3.05, 3.63) is 95.7 Å². The molecular formula is C29H25N3O5.